The van der Waals surface area contributed by atoms with Gasteiger partial charge in [0.25, 0.3) is 0 Å². The van der Waals surface area contributed by atoms with Crippen molar-refractivity contribution < 1.29 is 14.6 Å². The third-order valence-corrected chi connectivity index (χ3v) is 5.65. The van der Waals surface area contributed by atoms with Crippen molar-refractivity contribution in [2.75, 3.05) is 31.1 Å². The smallest absolute Gasteiger partial charge is 0.410 e. The van der Waals surface area contributed by atoms with Gasteiger partial charge in [0.05, 0.1) is 11.1 Å². The Labute approximate surface area is 191 Å². The Bertz CT molecular complexity index is 1270. The summed E-state index contributed by atoms with van der Waals surface area (Å²) in [5.41, 5.74) is 2.25. The molecule has 0 spiro atoms. The molecule has 0 radical (unpaired) electrons. The average molecular weight is 441 g/mol. The van der Waals surface area contributed by atoms with Crippen LogP contribution in [-0.2, 0) is 11.3 Å². The number of aromatic nitrogens is 3. The fraction of sp³-hybridized carbons (Fsp3) is 0.200. The van der Waals surface area contributed by atoms with Crippen LogP contribution >= 0.6 is 0 Å². The zero-order valence-electron chi connectivity index (χ0n) is 18.0. The summed E-state index contributed by atoms with van der Waals surface area (Å²) in [7, 11) is 0. The Morgan fingerprint density at radius 2 is 1.73 bits per heavy atom. The first-order valence-corrected chi connectivity index (χ1v) is 10.8. The molecule has 4 aromatic rings. The monoisotopic (exact) mass is 441 g/mol. The Morgan fingerprint density at radius 3 is 2.52 bits per heavy atom. The van der Waals surface area contributed by atoms with E-state index < -0.39 is 0 Å². The number of anilines is 1. The number of hydrogen-bond acceptors (Lipinski definition) is 7. The highest BCUT2D eigenvalue weighted by molar-refractivity contribution is 5.91. The topological polar surface area (TPSA) is 91.7 Å². The maximum absolute atomic E-state index is 12.5. The number of amides is 1. The van der Waals surface area contributed by atoms with Crippen LogP contribution in [0.25, 0.3) is 22.3 Å². The van der Waals surface area contributed by atoms with E-state index in [0.717, 1.165) is 22.3 Å². The van der Waals surface area contributed by atoms with Crippen LogP contribution in [0.4, 0.5) is 10.6 Å². The van der Waals surface area contributed by atoms with Gasteiger partial charge in [0.15, 0.2) is 5.82 Å². The van der Waals surface area contributed by atoms with Gasteiger partial charge in [-0.25, -0.2) is 14.8 Å². The highest BCUT2D eigenvalue weighted by Gasteiger charge is 2.25. The summed E-state index contributed by atoms with van der Waals surface area (Å²) in [6, 6.07) is 18.6. The third-order valence-electron chi connectivity index (χ3n) is 5.65. The fourth-order valence-corrected chi connectivity index (χ4v) is 3.90. The zero-order chi connectivity index (χ0) is 22.6. The Hall–Kier alpha value is -4.20. The molecule has 0 saturated carbocycles. The highest BCUT2D eigenvalue weighted by Crippen LogP contribution is 2.31. The summed E-state index contributed by atoms with van der Waals surface area (Å²) in [4.78, 5) is 29.9. The van der Waals surface area contributed by atoms with Gasteiger partial charge in [0, 0.05) is 49.5 Å². The van der Waals surface area contributed by atoms with E-state index in [2.05, 4.69) is 14.9 Å². The van der Waals surface area contributed by atoms with Gasteiger partial charge in [-0.1, -0.05) is 30.3 Å². The first-order chi connectivity index (χ1) is 16.2. The number of fused-ring (bicyclic) bond motifs is 1. The van der Waals surface area contributed by atoms with E-state index in [4.69, 9.17) is 9.72 Å². The first-order valence-electron chi connectivity index (χ1n) is 10.8. The molecule has 1 amide bonds. The quantitative estimate of drug-likeness (QED) is 0.514. The molecule has 2 aromatic carbocycles. The minimum atomic E-state index is -0.332. The molecule has 8 nitrogen and oxygen atoms in total. The highest BCUT2D eigenvalue weighted by atomic mass is 16.6. The van der Waals surface area contributed by atoms with Crippen molar-refractivity contribution in [1.29, 1.82) is 0 Å². The summed E-state index contributed by atoms with van der Waals surface area (Å²) in [5, 5.41) is 11.2. The van der Waals surface area contributed by atoms with E-state index in [1.54, 1.807) is 35.5 Å². The lowest BCUT2D eigenvalue weighted by atomic mass is 10.1. The number of aromatic hydroxyl groups is 1. The van der Waals surface area contributed by atoms with Crippen molar-refractivity contribution in [3.8, 4) is 17.1 Å². The second-order valence-electron chi connectivity index (χ2n) is 7.80. The molecule has 5 rings (SSSR count). The van der Waals surface area contributed by atoms with Crippen LogP contribution in [-0.4, -0.2) is 57.2 Å². The van der Waals surface area contributed by atoms with E-state index >= 15 is 0 Å². The first kappa shape index (κ1) is 20.7. The average Bonchev–Trinajstić information content (AvgIpc) is 2.87. The molecule has 0 unspecified atom stereocenters. The van der Waals surface area contributed by atoms with E-state index in [1.807, 2.05) is 42.5 Å². The lowest BCUT2D eigenvalue weighted by molar-refractivity contribution is 0.0941. The molecule has 0 bridgehead atoms. The van der Waals surface area contributed by atoms with E-state index in [-0.39, 0.29) is 18.4 Å². The molecule has 1 aliphatic heterocycles. The van der Waals surface area contributed by atoms with Crippen LogP contribution in [0.15, 0.2) is 73.1 Å². The maximum Gasteiger partial charge on any atom is 0.410 e. The molecule has 0 aliphatic carbocycles. The lowest BCUT2D eigenvalue weighted by Crippen LogP contribution is -2.49. The standard InChI is InChI=1S/C25H23N5O3/c31-22-10-4-2-8-20(22)23-27-21-9-3-1-7-19(21)24(28-23)29-12-14-30(15-13-29)25(32)33-17-18-6-5-11-26-16-18/h1-11,16,31H,12-15,17H2. The second-order valence-corrected chi connectivity index (χ2v) is 7.80. The predicted octanol–water partition coefficient (Wildman–Crippen LogP) is 3.86. The van der Waals surface area contributed by atoms with Crippen LogP contribution in [0, 0.1) is 0 Å². The van der Waals surface area contributed by atoms with Crippen LogP contribution in [0.5, 0.6) is 5.75 Å². The molecule has 33 heavy (non-hydrogen) atoms. The van der Waals surface area contributed by atoms with Crippen molar-refractivity contribution in [3.05, 3.63) is 78.6 Å². The summed E-state index contributed by atoms with van der Waals surface area (Å²) in [6.07, 6.45) is 3.04. The lowest BCUT2D eigenvalue weighted by Gasteiger charge is -2.35. The van der Waals surface area contributed by atoms with Gasteiger partial charge in [-0.05, 0) is 30.3 Å². The number of phenolic OH excluding ortho intramolecular Hbond substituents is 1. The molecule has 0 atom stereocenters. The Morgan fingerprint density at radius 1 is 0.939 bits per heavy atom. The largest absolute Gasteiger partial charge is 0.507 e. The molecule has 166 valence electrons. The van der Waals surface area contributed by atoms with Gasteiger partial charge in [-0.15, -0.1) is 0 Å². The number of hydrogen-bond donors (Lipinski definition) is 1. The zero-order valence-corrected chi connectivity index (χ0v) is 18.0. The normalized spacial score (nSPS) is 13.8. The fourth-order valence-electron chi connectivity index (χ4n) is 3.90. The molecular formula is C25H23N5O3. The minimum Gasteiger partial charge on any atom is -0.507 e. The van der Waals surface area contributed by atoms with Gasteiger partial charge in [0.1, 0.15) is 18.2 Å². The van der Waals surface area contributed by atoms with Gasteiger partial charge in [0.2, 0.25) is 0 Å². The van der Waals surface area contributed by atoms with Gasteiger partial charge in [-0.3, -0.25) is 4.98 Å². The molecule has 1 N–H and O–H groups in total. The number of carbonyl (C=O) groups is 1. The Balaban J connectivity index is 1.34. The predicted molar refractivity (Wildman–Crippen MR) is 125 cm³/mol. The van der Waals surface area contributed by atoms with Gasteiger partial charge in [-0.2, -0.15) is 0 Å². The molecular weight excluding hydrogens is 418 g/mol. The van der Waals surface area contributed by atoms with Crippen molar-refractivity contribution in [2.45, 2.75) is 6.61 Å². The molecule has 1 saturated heterocycles. The summed E-state index contributed by atoms with van der Waals surface area (Å²) in [6.45, 7) is 2.48. The van der Waals surface area contributed by atoms with Crippen molar-refractivity contribution in [3.63, 3.8) is 0 Å². The Kier molecular flexibility index (Phi) is 5.72. The number of phenols is 1. The van der Waals surface area contributed by atoms with Crippen molar-refractivity contribution >= 4 is 22.8 Å². The molecule has 8 heteroatoms. The number of ether oxygens (including phenoxy) is 1. The number of piperazine rings is 1. The molecule has 3 heterocycles. The number of benzene rings is 2. The number of carbonyl (C=O) groups excluding carboxylic acids is 1. The number of rotatable bonds is 4. The van der Waals surface area contributed by atoms with Crippen LogP contribution in [0.3, 0.4) is 0 Å². The van der Waals surface area contributed by atoms with Gasteiger partial charge >= 0.3 is 6.09 Å². The van der Waals surface area contributed by atoms with E-state index in [9.17, 15) is 9.90 Å². The van der Waals surface area contributed by atoms with Crippen LogP contribution in [0.2, 0.25) is 0 Å². The van der Waals surface area contributed by atoms with E-state index in [1.165, 1.54) is 0 Å². The number of pyridine rings is 1. The maximum atomic E-state index is 12.5. The molecule has 1 aliphatic rings. The second kappa shape index (κ2) is 9.12. The molecule has 2 aromatic heterocycles. The molecule has 1 fully saturated rings. The third kappa shape index (κ3) is 4.41. The van der Waals surface area contributed by atoms with E-state index in [0.29, 0.717) is 37.6 Å². The summed E-state index contributed by atoms with van der Waals surface area (Å²) < 4.78 is 5.44. The van der Waals surface area contributed by atoms with Crippen molar-refractivity contribution in [1.82, 2.24) is 19.9 Å². The number of para-hydroxylation sites is 2. The summed E-state index contributed by atoms with van der Waals surface area (Å²) in [5.74, 6) is 1.40. The minimum absolute atomic E-state index is 0.139. The van der Waals surface area contributed by atoms with Gasteiger partial charge < -0.3 is 19.6 Å². The van der Waals surface area contributed by atoms with Crippen LogP contribution in [0.1, 0.15) is 5.56 Å². The number of nitrogens with zero attached hydrogens (tertiary/aromatic N) is 5. The van der Waals surface area contributed by atoms with Crippen LogP contribution < -0.4 is 4.90 Å². The summed E-state index contributed by atoms with van der Waals surface area (Å²) >= 11 is 0. The SMILES string of the molecule is O=C(OCc1cccnc1)N1CCN(c2nc(-c3ccccc3O)nc3ccccc23)CC1. The van der Waals surface area contributed by atoms with Crippen molar-refractivity contribution in [2.24, 2.45) is 0 Å².